The number of hydrogen-bond acceptors (Lipinski definition) is 3. The maximum Gasteiger partial charge on any atom is 0.238 e. The molecule has 0 radical (unpaired) electrons. The highest BCUT2D eigenvalue weighted by Gasteiger charge is 2.22. The normalized spacial score (nSPS) is 11.0. The van der Waals surface area contributed by atoms with Gasteiger partial charge in [0, 0.05) is 21.8 Å². The van der Waals surface area contributed by atoms with Crippen LogP contribution in [0.4, 0.5) is 5.88 Å². The SMILES string of the molecule is Cc1ccc(-c2oc(N=Cc3ccc(Br)cc3)c(C#N)c2-c2ccc(C)cc2)cc1. The average Bonchev–Trinajstić information content (AvgIpc) is 3.13. The summed E-state index contributed by atoms with van der Waals surface area (Å²) in [7, 11) is 0. The Hall–Kier alpha value is -3.42. The Labute approximate surface area is 184 Å². The number of aryl methyl sites for hydroxylation is 2. The van der Waals surface area contributed by atoms with Crippen molar-refractivity contribution in [2.24, 2.45) is 4.99 Å². The predicted molar refractivity (Wildman–Crippen MR) is 125 cm³/mol. The summed E-state index contributed by atoms with van der Waals surface area (Å²) in [5, 5.41) is 9.96. The van der Waals surface area contributed by atoms with Gasteiger partial charge in [-0.2, -0.15) is 5.26 Å². The van der Waals surface area contributed by atoms with E-state index in [-0.39, 0.29) is 0 Å². The number of benzene rings is 3. The molecule has 4 heteroatoms. The first-order valence-electron chi connectivity index (χ1n) is 9.56. The van der Waals surface area contributed by atoms with Crippen LogP contribution in [0.3, 0.4) is 0 Å². The Morgan fingerprint density at radius 1 is 0.833 bits per heavy atom. The van der Waals surface area contributed by atoms with E-state index in [0.29, 0.717) is 17.2 Å². The first-order chi connectivity index (χ1) is 14.5. The minimum absolute atomic E-state index is 0.312. The van der Waals surface area contributed by atoms with Crippen LogP contribution in [0.15, 0.2) is 86.7 Å². The van der Waals surface area contributed by atoms with Crippen LogP contribution in [0.5, 0.6) is 0 Å². The van der Waals surface area contributed by atoms with E-state index < -0.39 is 0 Å². The molecule has 1 aromatic heterocycles. The highest BCUT2D eigenvalue weighted by Crippen LogP contribution is 2.42. The second-order valence-electron chi connectivity index (χ2n) is 7.14. The van der Waals surface area contributed by atoms with Crippen molar-refractivity contribution in [1.82, 2.24) is 0 Å². The molecule has 0 amide bonds. The molecule has 0 fully saturated rings. The van der Waals surface area contributed by atoms with Crippen molar-refractivity contribution >= 4 is 28.0 Å². The van der Waals surface area contributed by atoms with Crippen molar-refractivity contribution in [3.8, 4) is 28.5 Å². The van der Waals surface area contributed by atoms with Gasteiger partial charge in [-0.15, -0.1) is 0 Å². The Kier molecular flexibility index (Phi) is 5.65. The van der Waals surface area contributed by atoms with Crippen molar-refractivity contribution in [1.29, 1.82) is 5.26 Å². The maximum atomic E-state index is 9.96. The molecule has 0 unspecified atom stereocenters. The zero-order valence-electron chi connectivity index (χ0n) is 16.7. The molecule has 30 heavy (non-hydrogen) atoms. The van der Waals surface area contributed by atoms with E-state index in [2.05, 4.69) is 27.0 Å². The molecule has 0 atom stereocenters. The number of rotatable bonds is 4. The first-order valence-corrected chi connectivity index (χ1v) is 10.3. The average molecular weight is 455 g/mol. The second kappa shape index (κ2) is 8.52. The highest BCUT2D eigenvalue weighted by atomic mass is 79.9. The van der Waals surface area contributed by atoms with Crippen LogP contribution in [0.2, 0.25) is 0 Å². The van der Waals surface area contributed by atoms with Crippen LogP contribution in [0, 0.1) is 25.2 Å². The van der Waals surface area contributed by atoms with Gasteiger partial charge in [-0.25, -0.2) is 4.99 Å². The summed E-state index contributed by atoms with van der Waals surface area (Å²) < 4.78 is 7.16. The Morgan fingerprint density at radius 3 is 1.97 bits per heavy atom. The van der Waals surface area contributed by atoms with Crippen LogP contribution in [0.1, 0.15) is 22.3 Å². The molecule has 0 aliphatic rings. The third kappa shape index (κ3) is 4.12. The molecule has 1 heterocycles. The first kappa shape index (κ1) is 19.9. The minimum atomic E-state index is 0.312. The standard InChI is InChI=1S/C26H19BrN2O/c1-17-3-9-20(10-4-17)24-23(15-28)26(29-16-19-7-13-22(27)14-8-19)30-25(24)21-11-5-18(2)6-12-21/h3-14,16H,1-2H3. The lowest BCUT2D eigenvalue weighted by Crippen LogP contribution is -1.85. The molecule has 3 aromatic carbocycles. The molecular formula is C26H19BrN2O. The molecule has 0 saturated carbocycles. The van der Waals surface area contributed by atoms with E-state index in [1.54, 1.807) is 6.21 Å². The molecular weight excluding hydrogens is 436 g/mol. The van der Waals surface area contributed by atoms with Crippen molar-refractivity contribution in [3.05, 3.63) is 99.5 Å². The van der Waals surface area contributed by atoms with Gasteiger partial charge in [0.25, 0.3) is 0 Å². The third-order valence-corrected chi connectivity index (χ3v) is 5.39. The Bertz CT molecular complexity index is 1240. The Morgan fingerprint density at radius 2 is 1.40 bits per heavy atom. The van der Waals surface area contributed by atoms with Crippen LogP contribution in [-0.2, 0) is 0 Å². The van der Waals surface area contributed by atoms with Gasteiger partial charge in [0.15, 0.2) is 0 Å². The highest BCUT2D eigenvalue weighted by molar-refractivity contribution is 9.10. The van der Waals surface area contributed by atoms with Gasteiger partial charge in [0.05, 0.1) is 0 Å². The van der Waals surface area contributed by atoms with Crippen LogP contribution >= 0.6 is 15.9 Å². The van der Waals surface area contributed by atoms with E-state index in [4.69, 9.17) is 4.42 Å². The summed E-state index contributed by atoms with van der Waals surface area (Å²) in [5.74, 6) is 0.963. The van der Waals surface area contributed by atoms with E-state index in [0.717, 1.165) is 37.9 Å². The molecule has 3 nitrogen and oxygen atoms in total. The molecule has 146 valence electrons. The zero-order chi connectivity index (χ0) is 21.1. The summed E-state index contributed by atoms with van der Waals surface area (Å²) in [5.41, 5.74) is 6.29. The minimum Gasteiger partial charge on any atom is -0.436 e. The lowest BCUT2D eigenvalue weighted by Gasteiger charge is -2.05. The van der Waals surface area contributed by atoms with E-state index in [1.807, 2.05) is 86.6 Å². The zero-order valence-corrected chi connectivity index (χ0v) is 18.3. The van der Waals surface area contributed by atoms with Crippen LogP contribution in [0.25, 0.3) is 22.5 Å². The van der Waals surface area contributed by atoms with Gasteiger partial charge in [-0.1, -0.05) is 87.7 Å². The van der Waals surface area contributed by atoms with E-state index in [9.17, 15) is 5.26 Å². The molecule has 0 aliphatic carbocycles. The number of hydrogen-bond donors (Lipinski definition) is 0. The number of furan rings is 1. The van der Waals surface area contributed by atoms with Gasteiger partial charge in [-0.3, -0.25) is 0 Å². The molecule has 0 aliphatic heterocycles. The van der Waals surface area contributed by atoms with Crippen molar-refractivity contribution in [2.45, 2.75) is 13.8 Å². The molecule has 0 bridgehead atoms. The molecule has 4 aromatic rings. The summed E-state index contributed by atoms with van der Waals surface area (Å²) in [6, 6.07) is 26.3. The third-order valence-electron chi connectivity index (χ3n) is 4.86. The Balaban J connectivity index is 1.88. The molecule has 0 N–H and O–H groups in total. The molecule has 4 rings (SSSR count). The summed E-state index contributed by atoms with van der Waals surface area (Å²) in [6.45, 7) is 4.08. The second-order valence-corrected chi connectivity index (χ2v) is 8.06. The van der Waals surface area contributed by atoms with E-state index in [1.165, 1.54) is 0 Å². The van der Waals surface area contributed by atoms with Gasteiger partial charge >= 0.3 is 0 Å². The van der Waals surface area contributed by atoms with Gasteiger partial charge < -0.3 is 4.42 Å². The van der Waals surface area contributed by atoms with E-state index >= 15 is 0 Å². The van der Waals surface area contributed by atoms with Crippen LogP contribution < -0.4 is 0 Å². The topological polar surface area (TPSA) is 49.3 Å². The predicted octanol–water partition coefficient (Wildman–Crippen LogP) is 7.62. The quantitative estimate of drug-likeness (QED) is 0.297. The molecule has 0 saturated heterocycles. The summed E-state index contributed by atoms with van der Waals surface area (Å²) >= 11 is 3.43. The fourth-order valence-corrected chi connectivity index (χ4v) is 3.46. The summed E-state index contributed by atoms with van der Waals surface area (Å²) in [4.78, 5) is 4.51. The van der Waals surface area contributed by atoms with Gasteiger partial charge in [-0.05, 0) is 37.1 Å². The number of nitriles is 1. The monoisotopic (exact) mass is 454 g/mol. The number of nitrogens with zero attached hydrogens (tertiary/aromatic N) is 2. The fraction of sp³-hybridized carbons (Fsp3) is 0.0769. The van der Waals surface area contributed by atoms with Gasteiger partial charge in [0.1, 0.15) is 17.4 Å². The van der Waals surface area contributed by atoms with Crippen molar-refractivity contribution in [2.75, 3.05) is 0 Å². The number of aliphatic imine (C=N–C) groups is 1. The van der Waals surface area contributed by atoms with Crippen molar-refractivity contribution in [3.63, 3.8) is 0 Å². The van der Waals surface area contributed by atoms with Gasteiger partial charge in [0.2, 0.25) is 5.88 Å². The molecule has 0 spiro atoms. The fourth-order valence-electron chi connectivity index (χ4n) is 3.20. The lowest BCUT2D eigenvalue weighted by atomic mass is 9.97. The largest absolute Gasteiger partial charge is 0.436 e. The lowest BCUT2D eigenvalue weighted by molar-refractivity contribution is 0.593. The van der Waals surface area contributed by atoms with Crippen molar-refractivity contribution < 1.29 is 4.42 Å². The summed E-state index contributed by atoms with van der Waals surface area (Å²) in [6.07, 6.45) is 1.71. The maximum absolute atomic E-state index is 9.96. The number of halogens is 1. The van der Waals surface area contributed by atoms with Crippen LogP contribution in [-0.4, -0.2) is 6.21 Å². The smallest absolute Gasteiger partial charge is 0.238 e.